The molecule has 2 atom stereocenters. The van der Waals surface area contributed by atoms with Crippen molar-refractivity contribution >= 4 is 11.7 Å². The Kier molecular flexibility index (Phi) is 6.17. The molecule has 0 aromatic rings. The molecule has 0 saturated carbocycles. The van der Waals surface area contributed by atoms with Crippen LogP contribution in [0.5, 0.6) is 0 Å². The van der Waals surface area contributed by atoms with E-state index in [1.165, 1.54) is 6.92 Å². The first-order valence-corrected chi connectivity index (χ1v) is 5.29. The third kappa shape index (κ3) is 5.00. The van der Waals surface area contributed by atoms with Gasteiger partial charge in [-0.1, -0.05) is 26.7 Å². The number of amides is 1. The highest BCUT2D eigenvalue weighted by Gasteiger charge is 2.19. The first kappa shape index (κ1) is 13.1. The van der Waals surface area contributed by atoms with E-state index in [2.05, 4.69) is 12.2 Å². The molecule has 0 fully saturated rings. The van der Waals surface area contributed by atoms with Crippen molar-refractivity contribution in [3.63, 3.8) is 0 Å². The Bertz CT molecular complexity index is 201. The van der Waals surface area contributed by atoms with Crippen molar-refractivity contribution in [2.24, 2.45) is 5.92 Å². The van der Waals surface area contributed by atoms with Crippen molar-refractivity contribution in [1.82, 2.24) is 5.32 Å². The summed E-state index contributed by atoms with van der Waals surface area (Å²) in [4.78, 5) is 22.4. The zero-order valence-electron chi connectivity index (χ0n) is 9.59. The number of nitrogens with one attached hydrogen (secondary N) is 1. The summed E-state index contributed by atoms with van der Waals surface area (Å²) in [6.45, 7) is 7.21. The zero-order chi connectivity index (χ0) is 11.1. The van der Waals surface area contributed by atoms with Crippen molar-refractivity contribution in [3.05, 3.63) is 0 Å². The maximum Gasteiger partial charge on any atom is 0.217 e. The van der Waals surface area contributed by atoms with Crippen molar-refractivity contribution < 1.29 is 9.59 Å². The van der Waals surface area contributed by atoms with Crippen LogP contribution in [0.2, 0.25) is 0 Å². The van der Waals surface area contributed by atoms with Crippen molar-refractivity contribution in [1.29, 1.82) is 0 Å². The fourth-order valence-electron chi connectivity index (χ4n) is 1.46. The third-order valence-electron chi connectivity index (χ3n) is 2.32. The van der Waals surface area contributed by atoms with E-state index in [1.807, 2.05) is 6.92 Å². The molecule has 0 aliphatic carbocycles. The molecule has 0 rings (SSSR count). The molecule has 0 heterocycles. The van der Waals surface area contributed by atoms with Gasteiger partial charge in [-0.2, -0.15) is 0 Å². The number of hydrogen-bond donors (Lipinski definition) is 1. The molecule has 3 nitrogen and oxygen atoms in total. The van der Waals surface area contributed by atoms with Crippen LogP contribution >= 0.6 is 0 Å². The van der Waals surface area contributed by atoms with E-state index < -0.39 is 0 Å². The summed E-state index contributed by atoms with van der Waals surface area (Å²) in [5, 5.41) is 2.61. The van der Waals surface area contributed by atoms with Gasteiger partial charge in [-0.3, -0.25) is 9.59 Å². The predicted molar refractivity (Wildman–Crippen MR) is 57.0 cm³/mol. The van der Waals surface area contributed by atoms with Crippen LogP contribution in [-0.2, 0) is 9.59 Å². The lowest BCUT2D eigenvalue weighted by Gasteiger charge is -2.16. The summed E-state index contributed by atoms with van der Waals surface area (Å²) in [5.41, 5.74) is 0. The molecule has 3 heteroatoms. The van der Waals surface area contributed by atoms with Gasteiger partial charge in [-0.25, -0.2) is 0 Å². The van der Waals surface area contributed by atoms with E-state index in [0.29, 0.717) is 0 Å². The molecular weight excluding hydrogens is 178 g/mol. The van der Waals surface area contributed by atoms with Crippen LogP contribution in [0.1, 0.15) is 47.0 Å². The summed E-state index contributed by atoms with van der Waals surface area (Å²) in [6.07, 6.45) is 3.09. The Labute approximate surface area is 86.3 Å². The molecule has 0 aliphatic rings. The number of Topliss-reactive ketones (excluding diaryl/α,β-unsaturated/α-hetero) is 1. The molecule has 14 heavy (non-hydrogen) atoms. The van der Waals surface area contributed by atoms with Gasteiger partial charge in [0.25, 0.3) is 0 Å². The summed E-state index contributed by atoms with van der Waals surface area (Å²) < 4.78 is 0. The second kappa shape index (κ2) is 6.57. The molecule has 1 unspecified atom stereocenters. The van der Waals surface area contributed by atoms with Crippen LogP contribution in [0.25, 0.3) is 0 Å². The normalized spacial score (nSPS) is 14.6. The maximum atomic E-state index is 11.7. The van der Waals surface area contributed by atoms with Gasteiger partial charge in [-0.05, 0) is 13.3 Å². The standard InChI is InChI=1S/C11H21NO2/c1-5-6-7-8(2)11(14)9(3)12-10(4)13/h8-9H,5-7H2,1-4H3,(H,12,13)/t8?,9-/m0/s1. The van der Waals surface area contributed by atoms with Crippen LogP contribution < -0.4 is 5.32 Å². The summed E-state index contributed by atoms with van der Waals surface area (Å²) in [5.74, 6) is 0.0407. The topological polar surface area (TPSA) is 46.2 Å². The number of rotatable bonds is 6. The Morgan fingerprint density at radius 1 is 1.29 bits per heavy atom. The van der Waals surface area contributed by atoms with E-state index in [-0.39, 0.29) is 23.7 Å². The van der Waals surface area contributed by atoms with Gasteiger partial charge >= 0.3 is 0 Å². The number of ketones is 1. The lowest BCUT2D eigenvalue weighted by Crippen LogP contribution is -2.39. The average Bonchev–Trinajstić information content (AvgIpc) is 2.11. The van der Waals surface area contributed by atoms with Crippen LogP contribution in [-0.4, -0.2) is 17.7 Å². The van der Waals surface area contributed by atoms with E-state index >= 15 is 0 Å². The molecule has 0 radical (unpaired) electrons. The minimum Gasteiger partial charge on any atom is -0.347 e. The molecule has 0 spiro atoms. The molecular formula is C11H21NO2. The Morgan fingerprint density at radius 3 is 2.29 bits per heavy atom. The van der Waals surface area contributed by atoms with Crippen LogP contribution in [0.15, 0.2) is 0 Å². The molecule has 0 aromatic carbocycles. The van der Waals surface area contributed by atoms with Crippen LogP contribution in [0, 0.1) is 5.92 Å². The van der Waals surface area contributed by atoms with Gasteiger partial charge in [0.1, 0.15) is 0 Å². The predicted octanol–water partition coefficient (Wildman–Crippen LogP) is 1.91. The average molecular weight is 199 g/mol. The number of carbonyl (C=O) groups excluding carboxylic acids is 2. The highest BCUT2D eigenvalue weighted by molar-refractivity contribution is 5.89. The second-order valence-electron chi connectivity index (χ2n) is 3.87. The lowest BCUT2D eigenvalue weighted by molar-refractivity contribution is -0.128. The SMILES string of the molecule is CCCCC(C)C(=O)[C@H](C)NC(C)=O. The van der Waals surface area contributed by atoms with E-state index in [9.17, 15) is 9.59 Å². The lowest BCUT2D eigenvalue weighted by atomic mass is 9.95. The molecule has 0 aliphatic heterocycles. The highest BCUT2D eigenvalue weighted by Crippen LogP contribution is 2.10. The minimum atomic E-state index is -0.348. The third-order valence-corrected chi connectivity index (χ3v) is 2.32. The van der Waals surface area contributed by atoms with Crippen molar-refractivity contribution in [3.8, 4) is 0 Å². The quantitative estimate of drug-likeness (QED) is 0.710. The first-order chi connectivity index (χ1) is 6.49. The first-order valence-electron chi connectivity index (χ1n) is 5.29. The van der Waals surface area contributed by atoms with Crippen LogP contribution in [0.4, 0.5) is 0 Å². The summed E-state index contributed by atoms with van der Waals surface area (Å²) in [7, 11) is 0. The van der Waals surface area contributed by atoms with Gasteiger partial charge in [-0.15, -0.1) is 0 Å². The van der Waals surface area contributed by atoms with Gasteiger partial charge in [0, 0.05) is 12.8 Å². The number of carbonyl (C=O) groups is 2. The fourth-order valence-corrected chi connectivity index (χ4v) is 1.46. The molecule has 1 N–H and O–H groups in total. The van der Waals surface area contributed by atoms with E-state index in [0.717, 1.165) is 19.3 Å². The van der Waals surface area contributed by atoms with E-state index in [1.54, 1.807) is 6.92 Å². The fraction of sp³-hybridized carbons (Fsp3) is 0.818. The zero-order valence-corrected chi connectivity index (χ0v) is 9.59. The molecule has 0 saturated heterocycles. The largest absolute Gasteiger partial charge is 0.347 e. The van der Waals surface area contributed by atoms with Gasteiger partial charge < -0.3 is 5.32 Å². The Hall–Kier alpha value is -0.860. The molecule has 1 amide bonds. The minimum absolute atomic E-state index is 0.0526. The Balaban J connectivity index is 3.97. The maximum absolute atomic E-state index is 11.7. The monoisotopic (exact) mass is 199 g/mol. The number of unbranched alkanes of at least 4 members (excludes halogenated alkanes) is 1. The number of hydrogen-bond acceptors (Lipinski definition) is 2. The molecule has 0 bridgehead atoms. The molecule has 0 aromatic heterocycles. The van der Waals surface area contributed by atoms with Gasteiger partial charge in [0.15, 0.2) is 5.78 Å². The van der Waals surface area contributed by atoms with Gasteiger partial charge in [0.05, 0.1) is 6.04 Å². The van der Waals surface area contributed by atoms with Crippen molar-refractivity contribution in [2.45, 2.75) is 53.0 Å². The van der Waals surface area contributed by atoms with Gasteiger partial charge in [0.2, 0.25) is 5.91 Å². The smallest absolute Gasteiger partial charge is 0.217 e. The van der Waals surface area contributed by atoms with E-state index in [4.69, 9.17) is 0 Å². The molecule has 82 valence electrons. The van der Waals surface area contributed by atoms with Crippen molar-refractivity contribution in [2.75, 3.05) is 0 Å². The summed E-state index contributed by atoms with van der Waals surface area (Å²) >= 11 is 0. The van der Waals surface area contributed by atoms with Crippen LogP contribution in [0.3, 0.4) is 0 Å². The Morgan fingerprint density at radius 2 is 1.86 bits per heavy atom. The summed E-state index contributed by atoms with van der Waals surface area (Å²) in [6, 6.07) is -0.348. The second-order valence-corrected chi connectivity index (χ2v) is 3.87. The highest BCUT2D eigenvalue weighted by atomic mass is 16.2.